The lowest BCUT2D eigenvalue weighted by atomic mass is 9.94. The van der Waals surface area contributed by atoms with E-state index >= 15 is 0 Å². The van der Waals surface area contributed by atoms with Crippen LogP contribution in [0, 0.1) is 12.8 Å². The highest BCUT2D eigenvalue weighted by atomic mass is 14.9. The number of hydrogen-bond donors (Lipinski definition) is 1. The molecule has 0 aromatic heterocycles. The molecule has 0 amide bonds. The molecule has 2 atom stereocenters. The predicted molar refractivity (Wildman–Crippen MR) is 69.8 cm³/mol. The zero-order valence-corrected chi connectivity index (χ0v) is 10.9. The first-order chi connectivity index (χ1) is 7.52. The first kappa shape index (κ1) is 11.7. The van der Waals surface area contributed by atoms with Gasteiger partial charge in [0.1, 0.15) is 0 Å². The van der Waals surface area contributed by atoms with Gasteiger partial charge in [-0.2, -0.15) is 0 Å². The molecule has 1 aliphatic rings. The van der Waals surface area contributed by atoms with E-state index in [-0.39, 0.29) is 0 Å². The average Bonchev–Trinajstić information content (AvgIpc) is 2.89. The Morgan fingerprint density at radius 2 is 1.94 bits per heavy atom. The Kier molecular flexibility index (Phi) is 3.07. The summed E-state index contributed by atoms with van der Waals surface area (Å²) in [5.41, 5.74) is 3.29. The third kappa shape index (κ3) is 2.30. The van der Waals surface area contributed by atoms with Gasteiger partial charge in [-0.25, -0.2) is 0 Å². The van der Waals surface area contributed by atoms with E-state index in [4.69, 9.17) is 0 Å². The quantitative estimate of drug-likeness (QED) is 0.816. The predicted octanol–water partition coefficient (Wildman–Crippen LogP) is 3.27. The number of aryl methyl sites for hydroxylation is 1. The molecular weight excluding hydrogens is 194 g/mol. The highest BCUT2D eigenvalue weighted by molar-refractivity contribution is 5.34. The summed E-state index contributed by atoms with van der Waals surface area (Å²) in [6.45, 7) is 10.1. The van der Waals surface area contributed by atoms with Crippen LogP contribution in [-0.4, -0.2) is 12.6 Å². The Balaban J connectivity index is 1.98. The Hall–Kier alpha value is -0.820. The van der Waals surface area contributed by atoms with E-state index in [2.05, 4.69) is 57.3 Å². The van der Waals surface area contributed by atoms with Crippen LogP contribution in [0.3, 0.4) is 0 Å². The molecule has 0 saturated heterocycles. The molecule has 1 heteroatoms. The summed E-state index contributed by atoms with van der Waals surface area (Å²) in [6.07, 6.45) is 1.33. The third-order valence-corrected chi connectivity index (χ3v) is 3.89. The fourth-order valence-electron chi connectivity index (χ4n) is 2.42. The van der Waals surface area contributed by atoms with Crippen LogP contribution in [0.25, 0.3) is 0 Å². The molecule has 0 bridgehead atoms. The standard InChI is InChI=1S/C15H23N/c1-11(2)16-10-14-9-15(14,4)13-7-5-12(3)6-8-13/h5-8,11,14,16H,9-10H2,1-4H3. The van der Waals surface area contributed by atoms with Crippen molar-refractivity contribution in [2.45, 2.75) is 45.6 Å². The van der Waals surface area contributed by atoms with Crippen molar-refractivity contribution in [3.63, 3.8) is 0 Å². The zero-order chi connectivity index (χ0) is 11.8. The maximum Gasteiger partial charge on any atom is 0.00104 e. The first-order valence-corrected chi connectivity index (χ1v) is 6.33. The second-order valence-corrected chi connectivity index (χ2v) is 5.75. The number of nitrogens with one attached hydrogen (secondary N) is 1. The SMILES string of the molecule is Cc1ccc(C2(C)CC2CNC(C)C)cc1. The van der Waals surface area contributed by atoms with Gasteiger partial charge in [-0.1, -0.05) is 50.6 Å². The van der Waals surface area contributed by atoms with Gasteiger partial charge in [0, 0.05) is 6.04 Å². The minimum atomic E-state index is 0.426. The summed E-state index contributed by atoms with van der Waals surface area (Å²) in [4.78, 5) is 0. The maximum atomic E-state index is 3.54. The van der Waals surface area contributed by atoms with Gasteiger partial charge in [0.15, 0.2) is 0 Å². The summed E-state index contributed by atoms with van der Waals surface area (Å²) < 4.78 is 0. The zero-order valence-electron chi connectivity index (χ0n) is 10.9. The fourth-order valence-corrected chi connectivity index (χ4v) is 2.42. The molecule has 1 N–H and O–H groups in total. The molecule has 88 valence electrons. The molecule has 1 aromatic carbocycles. The van der Waals surface area contributed by atoms with Gasteiger partial charge < -0.3 is 5.32 Å². The molecule has 1 aliphatic carbocycles. The Morgan fingerprint density at radius 1 is 1.31 bits per heavy atom. The minimum Gasteiger partial charge on any atom is -0.314 e. The molecule has 16 heavy (non-hydrogen) atoms. The van der Waals surface area contributed by atoms with Gasteiger partial charge >= 0.3 is 0 Å². The smallest absolute Gasteiger partial charge is 0.00104 e. The van der Waals surface area contributed by atoms with Crippen LogP contribution in [-0.2, 0) is 5.41 Å². The van der Waals surface area contributed by atoms with E-state index in [1.54, 1.807) is 0 Å². The highest BCUT2D eigenvalue weighted by Crippen LogP contribution is 2.53. The number of rotatable bonds is 4. The maximum absolute atomic E-state index is 3.54. The van der Waals surface area contributed by atoms with Crippen LogP contribution in [0.1, 0.15) is 38.3 Å². The van der Waals surface area contributed by atoms with Gasteiger partial charge in [-0.3, -0.25) is 0 Å². The molecule has 1 nitrogen and oxygen atoms in total. The minimum absolute atomic E-state index is 0.426. The van der Waals surface area contributed by atoms with E-state index in [0.717, 1.165) is 12.5 Å². The molecule has 0 radical (unpaired) electrons. The normalized spacial score (nSPS) is 28.4. The van der Waals surface area contributed by atoms with Crippen molar-refractivity contribution >= 4 is 0 Å². The summed E-state index contributed by atoms with van der Waals surface area (Å²) in [7, 11) is 0. The van der Waals surface area contributed by atoms with Crippen molar-refractivity contribution in [1.29, 1.82) is 0 Å². The van der Waals surface area contributed by atoms with Gasteiger partial charge in [0.05, 0.1) is 0 Å². The lowest BCUT2D eigenvalue weighted by molar-refractivity contribution is 0.528. The van der Waals surface area contributed by atoms with Gasteiger partial charge in [-0.15, -0.1) is 0 Å². The molecule has 0 heterocycles. The topological polar surface area (TPSA) is 12.0 Å². The molecule has 1 aromatic rings. The first-order valence-electron chi connectivity index (χ1n) is 6.33. The van der Waals surface area contributed by atoms with Gasteiger partial charge in [-0.05, 0) is 36.8 Å². The van der Waals surface area contributed by atoms with Gasteiger partial charge in [0.25, 0.3) is 0 Å². The summed E-state index contributed by atoms with van der Waals surface area (Å²) in [6, 6.07) is 9.65. The molecule has 0 aliphatic heterocycles. The largest absolute Gasteiger partial charge is 0.314 e. The lowest BCUT2D eigenvalue weighted by Crippen LogP contribution is -2.26. The van der Waals surface area contributed by atoms with Crippen LogP contribution in [0.2, 0.25) is 0 Å². The van der Waals surface area contributed by atoms with Gasteiger partial charge in [0.2, 0.25) is 0 Å². The van der Waals surface area contributed by atoms with E-state index in [1.807, 2.05) is 0 Å². The van der Waals surface area contributed by atoms with Crippen LogP contribution < -0.4 is 5.32 Å². The van der Waals surface area contributed by atoms with E-state index in [9.17, 15) is 0 Å². The van der Waals surface area contributed by atoms with E-state index < -0.39 is 0 Å². The van der Waals surface area contributed by atoms with E-state index in [1.165, 1.54) is 17.5 Å². The van der Waals surface area contributed by atoms with Crippen molar-refractivity contribution in [2.75, 3.05) is 6.54 Å². The number of hydrogen-bond acceptors (Lipinski definition) is 1. The van der Waals surface area contributed by atoms with Crippen LogP contribution in [0.15, 0.2) is 24.3 Å². The van der Waals surface area contributed by atoms with E-state index in [0.29, 0.717) is 11.5 Å². The average molecular weight is 217 g/mol. The Labute approximate surface area is 99.3 Å². The highest BCUT2D eigenvalue weighted by Gasteiger charge is 2.50. The summed E-state index contributed by atoms with van der Waals surface area (Å²) >= 11 is 0. The lowest BCUT2D eigenvalue weighted by Gasteiger charge is -2.14. The molecule has 2 unspecified atom stereocenters. The van der Waals surface area contributed by atoms with Crippen molar-refractivity contribution in [2.24, 2.45) is 5.92 Å². The molecule has 1 fully saturated rings. The van der Waals surface area contributed by atoms with Crippen molar-refractivity contribution < 1.29 is 0 Å². The summed E-state index contributed by atoms with van der Waals surface area (Å²) in [5.74, 6) is 0.817. The Bertz CT molecular complexity index is 352. The molecule has 2 rings (SSSR count). The van der Waals surface area contributed by atoms with Crippen LogP contribution in [0.4, 0.5) is 0 Å². The molecule has 1 saturated carbocycles. The second-order valence-electron chi connectivity index (χ2n) is 5.75. The third-order valence-electron chi connectivity index (χ3n) is 3.89. The van der Waals surface area contributed by atoms with Crippen LogP contribution >= 0.6 is 0 Å². The molecule has 0 spiro atoms. The van der Waals surface area contributed by atoms with Crippen molar-refractivity contribution in [3.05, 3.63) is 35.4 Å². The van der Waals surface area contributed by atoms with Crippen molar-refractivity contribution in [3.8, 4) is 0 Å². The Morgan fingerprint density at radius 3 is 2.50 bits per heavy atom. The number of benzene rings is 1. The second kappa shape index (κ2) is 4.21. The fraction of sp³-hybridized carbons (Fsp3) is 0.600. The van der Waals surface area contributed by atoms with Crippen molar-refractivity contribution in [1.82, 2.24) is 5.32 Å². The molecular formula is C15H23N. The van der Waals surface area contributed by atoms with Crippen LogP contribution in [0.5, 0.6) is 0 Å². The monoisotopic (exact) mass is 217 g/mol. The summed E-state index contributed by atoms with van der Waals surface area (Å²) in [5, 5.41) is 3.54.